The maximum atomic E-state index is 14.1. The molecular formula is C22H35FO4. The van der Waals surface area contributed by atoms with Crippen LogP contribution in [0.15, 0.2) is 24.3 Å². The highest BCUT2D eigenvalue weighted by atomic mass is 19.1. The van der Waals surface area contributed by atoms with Gasteiger partial charge in [0.2, 0.25) is 0 Å². The van der Waals surface area contributed by atoms with Gasteiger partial charge >= 0.3 is 5.97 Å². The highest BCUT2D eigenvalue weighted by Crippen LogP contribution is 2.33. The van der Waals surface area contributed by atoms with Crippen LogP contribution in [-0.2, 0) is 9.59 Å². The van der Waals surface area contributed by atoms with Crippen LogP contribution >= 0.6 is 0 Å². The molecule has 0 aromatic heterocycles. The third-order valence-electron chi connectivity index (χ3n) is 5.18. The van der Waals surface area contributed by atoms with Gasteiger partial charge in [0.05, 0.1) is 0 Å². The molecule has 0 spiro atoms. The smallest absolute Gasteiger partial charge is 0.303 e. The number of carbonyl (C=O) groups excluding carboxylic acids is 1. The Morgan fingerprint density at radius 2 is 1.96 bits per heavy atom. The molecule has 0 aromatic rings. The Hall–Kier alpha value is -1.49. The molecule has 27 heavy (non-hydrogen) atoms. The second-order valence-corrected chi connectivity index (χ2v) is 7.97. The molecule has 0 bridgehead atoms. The van der Waals surface area contributed by atoms with Gasteiger partial charge in [-0.1, -0.05) is 51.0 Å². The largest absolute Gasteiger partial charge is 0.481 e. The summed E-state index contributed by atoms with van der Waals surface area (Å²) in [5.74, 6) is -0.0797. The first-order chi connectivity index (χ1) is 12.8. The van der Waals surface area contributed by atoms with Gasteiger partial charge in [-0.25, -0.2) is 4.39 Å². The molecule has 4 nitrogen and oxygen atoms in total. The minimum absolute atomic E-state index is 0.0578. The highest BCUT2D eigenvalue weighted by Gasteiger charge is 2.32. The Labute approximate surface area is 162 Å². The van der Waals surface area contributed by atoms with Crippen molar-refractivity contribution < 1.29 is 24.2 Å². The van der Waals surface area contributed by atoms with Gasteiger partial charge < -0.3 is 10.2 Å². The van der Waals surface area contributed by atoms with Gasteiger partial charge in [-0.05, 0) is 43.9 Å². The number of allylic oxidation sites excluding steroid dienone is 3. The van der Waals surface area contributed by atoms with Crippen molar-refractivity contribution in [1.29, 1.82) is 0 Å². The molecule has 0 heterocycles. The van der Waals surface area contributed by atoms with Crippen molar-refractivity contribution in [2.75, 3.05) is 0 Å². The van der Waals surface area contributed by atoms with Gasteiger partial charge in [-0.2, -0.15) is 0 Å². The van der Waals surface area contributed by atoms with Gasteiger partial charge in [0, 0.05) is 18.8 Å². The number of carboxylic acids is 1. The molecule has 1 rings (SSSR count). The van der Waals surface area contributed by atoms with Crippen LogP contribution < -0.4 is 0 Å². The summed E-state index contributed by atoms with van der Waals surface area (Å²) in [4.78, 5) is 22.6. The molecule has 0 aromatic carbocycles. The summed E-state index contributed by atoms with van der Waals surface area (Å²) in [5.41, 5.74) is 0. The van der Waals surface area contributed by atoms with Crippen molar-refractivity contribution in [3.63, 3.8) is 0 Å². The molecular weight excluding hydrogens is 347 g/mol. The van der Waals surface area contributed by atoms with Crippen LogP contribution in [0.4, 0.5) is 4.39 Å². The number of alkyl halides is 1. The van der Waals surface area contributed by atoms with Crippen LogP contribution in [0.25, 0.3) is 0 Å². The number of halogens is 1. The summed E-state index contributed by atoms with van der Waals surface area (Å²) in [6, 6.07) is 0. The van der Waals surface area contributed by atoms with Crippen molar-refractivity contribution in [2.24, 2.45) is 17.8 Å². The maximum absolute atomic E-state index is 14.1. The summed E-state index contributed by atoms with van der Waals surface area (Å²) in [6.07, 6.45) is 10.2. The Morgan fingerprint density at radius 3 is 2.63 bits per heavy atom. The monoisotopic (exact) mass is 382 g/mol. The first-order valence-electron chi connectivity index (χ1n) is 10.2. The fourth-order valence-electron chi connectivity index (χ4n) is 3.53. The second kappa shape index (κ2) is 12.8. The molecule has 1 saturated carbocycles. The molecule has 1 fully saturated rings. The maximum Gasteiger partial charge on any atom is 0.303 e. The molecule has 1 aliphatic rings. The van der Waals surface area contributed by atoms with E-state index in [1.165, 1.54) is 6.08 Å². The molecule has 0 radical (unpaired) electrons. The number of aliphatic hydroxyl groups excluding tert-OH is 1. The predicted molar refractivity (Wildman–Crippen MR) is 105 cm³/mol. The Balaban J connectivity index is 2.41. The van der Waals surface area contributed by atoms with Crippen LogP contribution in [0.5, 0.6) is 0 Å². The summed E-state index contributed by atoms with van der Waals surface area (Å²) in [6.45, 7) is 4.20. The number of aliphatic carboxylic acids is 1. The SMILES string of the molecule is CC(C)CCCC(F)C(O)C=C[C@H]1CCC(=O)[C@@H]1CC/C=C/CCC(=O)O. The normalized spacial score (nSPS) is 22.9. The quantitative estimate of drug-likeness (QED) is 0.446. The standard InChI is InChI=1S/C22H35FO4/c1-16(2)8-7-10-19(23)21(25)15-13-17-12-14-20(24)18(17)9-5-3-4-6-11-22(26)27/h3-4,13,15-19,21,25H,5-12,14H2,1-2H3,(H,26,27)/b4-3+,15-13?/t17-,18-,19?,21?/m1/s1. The van der Waals surface area contributed by atoms with E-state index in [2.05, 4.69) is 13.8 Å². The fraction of sp³-hybridized carbons (Fsp3) is 0.727. The van der Waals surface area contributed by atoms with E-state index < -0.39 is 18.2 Å². The van der Waals surface area contributed by atoms with Gasteiger partial charge in [0.15, 0.2) is 0 Å². The number of Topliss-reactive ketones (excluding diaryl/α,β-unsaturated/α-hetero) is 1. The zero-order valence-electron chi connectivity index (χ0n) is 16.6. The molecule has 5 heteroatoms. The van der Waals surface area contributed by atoms with E-state index in [0.717, 1.165) is 25.7 Å². The minimum atomic E-state index is -1.26. The van der Waals surface area contributed by atoms with Crippen molar-refractivity contribution in [3.05, 3.63) is 24.3 Å². The van der Waals surface area contributed by atoms with Gasteiger partial charge in [-0.15, -0.1) is 0 Å². The third kappa shape index (κ3) is 9.85. The Bertz CT molecular complexity index is 512. The Morgan fingerprint density at radius 1 is 1.26 bits per heavy atom. The van der Waals surface area contributed by atoms with Gasteiger partial charge in [0.1, 0.15) is 18.1 Å². The second-order valence-electron chi connectivity index (χ2n) is 7.97. The molecule has 2 N–H and O–H groups in total. The van der Waals surface area contributed by atoms with E-state index in [0.29, 0.717) is 31.6 Å². The topological polar surface area (TPSA) is 74.6 Å². The third-order valence-corrected chi connectivity index (χ3v) is 5.18. The number of ketones is 1. The average Bonchev–Trinajstić information content (AvgIpc) is 2.95. The van der Waals surface area contributed by atoms with Gasteiger partial charge in [-0.3, -0.25) is 9.59 Å². The van der Waals surface area contributed by atoms with E-state index in [-0.39, 0.29) is 24.0 Å². The number of carbonyl (C=O) groups is 2. The molecule has 0 saturated heterocycles. The summed E-state index contributed by atoms with van der Waals surface area (Å²) in [5, 5.41) is 18.6. The molecule has 154 valence electrons. The lowest BCUT2D eigenvalue weighted by Crippen LogP contribution is -2.20. The molecule has 0 amide bonds. The number of aliphatic hydroxyl groups is 1. The van der Waals surface area contributed by atoms with Crippen molar-refractivity contribution in [2.45, 2.75) is 83.9 Å². The van der Waals surface area contributed by atoms with Crippen molar-refractivity contribution in [1.82, 2.24) is 0 Å². The lowest BCUT2D eigenvalue weighted by atomic mass is 9.90. The van der Waals surface area contributed by atoms with Crippen molar-refractivity contribution >= 4 is 11.8 Å². The van der Waals surface area contributed by atoms with E-state index in [9.17, 15) is 19.1 Å². The van der Waals surface area contributed by atoms with Crippen LogP contribution in [-0.4, -0.2) is 34.2 Å². The summed E-state index contributed by atoms with van der Waals surface area (Å²) >= 11 is 0. The number of carboxylic acid groups (broad SMARTS) is 1. The first kappa shape index (κ1) is 23.5. The molecule has 0 aliphatic heterocycles. The zero-order valence-corrected chi connectivity index (χ0v) is 16.6. The van der Waals surface area contributed by atoms with E-state index in [1.807, 2.05) is 18.2 Å². The molecule has 4 atom stereocenters. The number of hydrogen-bond donors (Lipinski definition) is 2. The highest BCUT2D eigenvalue weighted by molar-refractivity contribution is 5.83. The number of rotatable bonds is 13. The average molecular weight is 383 g/mol. The van der Waals surface area contributed by atoms with Crippen LogP contribution in [0.1, 0.15) is 71.6 Å². The summed E-state index contributed by atoms with van der Waals surface area (Å²) in [7, 11) is 0. The van der Waals surface area contributed by atoms with E-state index >= 15 is 0 Å². The van der Waals surface area contributed by atoms with Crippen LogP contribution in [0, 0.1) is 17.8 Å². The Kier molecular flexibility index (Phi) is 11.2. The fourth-order valence-corrected chi connectivity index (χ4v) is 3.53. The van der Waals surface area contributed by atoms with Crippen LogP contribution in [0.3, 0.4) is 0 Å². The first-order valence-corrected chi connectivity index (χ1v) is 10.2. The van der Waals surface area contributed by atoms with E-state index in [1.54, 1.807) is 0 Å². The number of hydrogen-bond acceptors (Lipinski definition) is 3. The molecule has 2 unspecified atom stereocenters. The lowest BCUT2D eigenvalue weighted by molar-refractivity contribution is -0.136. The van der Waals surface area contributed by atoms with Crippen LogP contribution in [0.2, 0.25) is 0 Å². The predicted octanol–water partition coefficient (Wildman–Crippen LogP) is 4.86. The molecule has 1 aliphatic carbocycles. The van der Waals surface area contributed by atoms with Gasteiger partial charge in [0.25, 0.3) is 0 Å². The van der Waals surface area contributed by atoms with E-state index in [4.69, 9.17) is 5.11 Å². The summed E-state index contributed by atoms with van der Waals surface area (Å²) < 4.78 is 14.1. The minimum Gasteiger partial charge on any atom is -0.481 e. The van der Waals surface area contributed by atoms with Crippen molar-refractivity contribution in [3.8, 4) is 0 Å². The lowest BCUT2D eigenvalue weighted by Gasteiger charge is -2.16. The zero-order chi connectivity index (χ0) is 20.2.